The fraction of sp³-hybridized carbons (Fsp3) is 0.300. The average Bonchev–Trinajstić information content (AvgIpc) is 2.87. The van der Waals surface area contributed by atoms with Crippen molar-refractivity contribution in [2.24, 2.45) is 0 Å². The molecular formula is C20H22ClN3O2. The van der Waals surface area contributed by atoms with Crippen LogP contribution in [0.15, 0.2) is 41.2 Å². The van der Waals surface area contributed by atoms with Gasteiger partial charge in [0.25, 0.3) is 0 Å². The molecule has 0 aliphatic rings. The highest BCUT2D eigenvalue weighted by atomic mass is 35.5. The Bertz CT molecular complexity index is 1010. The van der Waals surface area contributed by atoms with Crippen molar-refractivity contribution in [3.8, 4) is 0 Å². The van der Waals surface area contributed by atoms with Crippen LogP contribution < -0.4 is 11.0 Å². The lowest BCUT2D eigenvalue weighted by molar-refractivity contribution is -0.116. The van der Waals surface area contributed by atoms with Gasteiger partial charge in [-0.2, -0.15) is 0 Å². The van der Waals surface area contributed by atoms with E-state index < -0.39 is 0 Å². The molecule has 0 atom stereocenters. The van der Waals surface area contributed by atoms with Crippen molar-refractivity contribution in [2.75, 3.05) is 5.32 Å². The maximum Gasteiger partial charge on any atom is 0.329 e. The number of aromatic nitrogens is 2. The maximum absolute atomic E-state index is 12.6. The third-order valence-corrected chi connectivity index (χ3v) is 4.80. The van der Waals surface area contributed by atoms with E-state index in [-0.39, 0.29) is 18.0 Å². The highest BCUT2D eigenvalue weighted by Crippen LogP contribution is 2.27. The van der Waals surface area contributed by atoms with Crippen molar-refractivity contribution in [1.29, 1.82) is 0 Å². The molecule has 1 heterocycles. The van der Waals surface area contributed by atoms with E-state index in [1.165, 1.54) is 0 Å². The van der Waals surface area contributed by atoms with Gasteiger partial charge in [-0.3, -0.25) is 13.9 Å². The lowest BCUT2D eigenvalue weighted by Gasteiger charge is -2.12. The van der Waals surface area contributed by atoms with Crippen LogP contribution in [0.4, 0.5) is 5.69 Å². The zero-order valence-corrected chi connectivity index (χ0v) is 15.9. The Labute approximate surface area is 157 Å². The van der Waals surface area contributed by atoms with E-state index in [4.69, 9.17) is 11.6 Å². The van der Waals surface area contributed by atoms with Crippen LogP contribution in [0.2, 0.25) is 5.02 Å². The Hall–Kier alpha value is -2.53. The van der Waals surface area contributed by atoms with Crippen LogP contribution in [0, 0.1) is 13.8 Å². The number of carbonyl (C=O) groups is 1. The summed E-state index contributed by atoms with van der Waals surface area (Å²) < 4.78 is 3.37. The Kier molecular flexibility index (Phi) is 5.18. The largest absolute Gasteiger partial charge is 0.329 e. The molecular weight excluding hydrogens is 350 g/mol. The van der Waals surface area contributed by atoms with Gasteiger partial charge in [-0.25, -0.2) is 4.79 Å². The monoisotopic (exact) mass is 371 g/mol. The van der Waals surface area contributed by atoms with Crippen molar-refractivity contribution in [1.82, 2.24) is 9.13 Å². The minimum absolute atomic E-state index is 0.0916. The van der Waals surface area contributed by atoms with Crippen LogP contribution in [-0.4, -0.2) is 15.0 Å². The number of halogens is 1. The van der Waals surface area contributed by atoms with Crippen molar-refractivity contribution < 1.29 is 4.79 Å². The minimum Gasteiger partial charge on any atom is -0.324 e. The quantitative estimate of drug-likeness (QED) is 0.733. The number of hydrogen-bond acceptors (Lipinski definition) is 2. The molecule has 26 heavy (non-hydrogen) atoms. The number of hydrogen-bond donors (Lipinski definition) is 1. The van der Waals surface area contributed by atoms with Crippen LogP contribution in [0.5, 0.6) is 0 Å². The number of amides is 1. The van der Waals surface area contributed by atoms with Crippen LogP contribution in [0.1, 0.15) is 24.5 Å². The Morgan fingerprint density at radius 1 is 1.12 bits per heavy atom. The molecule has 1 N–H and O–H groups in total. The molecule has 1 amide bonds. The second-order valence-corrected chi connectivity index (χ2v) is 6.81. The van der Waals surface area contributed by atoms with E-state index in [2.05, 4.69) is 5.32 Å². The molecule has 2 aromatic carbocycles. The first-order valence-electron chi connectivity index (χ1n) is 8.67. The zero-order valence-electron chi connectivity index (χ0n) is 15.2. The number of imidazole rings is 1. The number of carbonyl (C=O) groups excluding carboxylic acids is 1. The maximum atomic E-state index is 12.6. The van der Waals surface area contributed by atoms with Crippen molar-refractivity contribution in [2.45, 2.75) is 40.3 Å². The van der Waals surface area contributed by atoms with Crippen molar-refractivity contribution >= 4 is 34.2 Å². The first-order chi connectivity index (χ1) is 12.4. The molecule has 0 aliphatic heterocycles. The third kappa shape index (κ3) is 3.40. The molecule has 136 valence electrons. The SMILES string of the molecule is CCn1c(=O)n(CCC(=O)Nc2c(C)cc(C)cc2Cl)c2ccccc21. The number of nitrogens with one attached hydrogen (secondary N) is 1. The van der Waals surface area contributed by atoms with Crippen LogP contribution in [-0.2, 0) is 17.9 Å². The molecule has 0 fully saturated rings. The van der Waals surface area contributed by atoms with E-state index in [9.17, 15) is 9.59 Å². The molecule has 5 nitrogen and oxygen atoms in total. The summed E-state index contributed by atoms with van der Waals surface area (Å²) in [5.74, 6) is -0.168. The lowest BCUT2D eigenvalue weighted by Crippen LogP contribution is -2.25. The van der Waals surface area contributed by atoms with E-state index >= 15 is 0 Å². The summed E-state index contributed by atoms with van der Waals surface area (Å²) in [4.78, 5) is 25.0. The number of nitrogens with zero attached hydrogens (tertiary/aromatic N) is 2. The fourth-order valence-electron chi connectivity index (χ4n) is 3.28. The summed E-state index contributed by atoms with van der Waals surface area (Å²) in [7, 11) is 0. The Morgan fingerprint density at radius 3 is 2.38 bits per heavy atom. The molecule has 0 saturated heterocycles. The van der Waals surface area contributed by atoms with Gasteiger partial charge in [0.15, 0.2) is 0 Å². The number of para-hydroxylation sites is 2. The fourth-order valence-corrected chi connectivity index (χ4v) is 3.65. The van der Waals surface area contributed by atoms with Gasteiger partial charge in [-0.1, -0.05) is 29.8 Å². The lowest BCUT2D eigenvalue weighted by atomic mass is 10.1. The molecule has 0 aliphatic carbocycles. The molecule has 0 spiro atoms. The summed E-state index contributed by atoms with van der Waals surface area (Å²) in [6.45, 7) is 6.72. The van der Waals surface area contributed by atoms with Gasteiger partial charge in [-0.05, 0) is 50.1 Å². The number of rotatable bonds is 5. The topological polar surface area (TPSA) is 56.0 Å². The van der Waals surface area contributed by atoms with E-state index in [1.54, 1.807) is 9.13 Å². The van der Waals surface area contributed by atoms with Gasteiger partial charge in [0.05, 0.1) is 21.7 Å². The first kappa shape index (κ1) is 18.3. The van der Waals surface area contributed by atoms with Gasteiger partial charge >= 0.3 is 5.69 Å². The highest BCUT2D eigenvalue weighted by molar-refractivity contribution is 6.34. The Morgan fingerprint density at radius 2 is 1.77 bits per heavy atom. The standard InChI is InChI=1S/C20H22ClN3O2/c1-4-23-16-7-5-6-8-17(16)24(20(23)26)10-9-18(25)22-19-14(3)11-13(2)12-15(19)21/h5-8,11-12H,4,9-10H2,1-3H3,(H,22,25). The van der Waals surface area contributed by atoms with Gasteiger partial charge in [0, 0.05) is 19.5 Å². The van der Waals surface area contributed by atoms with E-state index in [0.717, 1.165) is 22.2 Å². The summed E-state index contributed by atoms with van der Waals surface area (Å²) in [6.07, 6.45) is 0.196. The van der Waals surface area contributed by atoms with Gasteiger partial charge < -0.3 is 5.32 Å². The molecule has 3 aromatic rings. The molecule has 6 heteroatoms. The molecule has 3 rings (SSSR count). The minimum atomic E-state index is -0.168. The van der Waals surface area contributed by atoms with E-state index in [0.29, 0.717) is 23.8 Å². The molecule has 0 bridgehead atoms. The third-order valence-electron chi connectivity index (χ3n) is 4.50. The van der Waals surface area contributed by atoms with Crippen LogP contribution >= 0.6 is 11.6 Å². The molecule has 1 aromatic heterocycles. The second kappa shape index (κ2) is 7.38. The molecule has 0 radical (unpaired) electrons. The van der Waals surface area contributed by atoms with Crippen LogP contribution in [0.25, 0.3) is 11.0 Å². The number of benzene rings is 2. The normalized spacial score (nSPS) is 11.1. The van der Waals surface area contributed by atoms with Crippen LogP contribution in [0.3, 0.4) is 0 Å². The summed E-state index contributed by atoms with van der Waals surface area (Å²) >= 11 is 6.25. The average molecular weight is 372 g/mol. The van der Waals surface area contributed by atoms with Gasteiger partial charge in [-0.15, -0.1) is 0 Å². The van der Waals surface area contributed by atoms with Crippen molar-refractivity contribution in [3.63, 3.8) is 0 Å². The van der Waals surface area contributed by atoms with Gasteiger partial charge in [0.2, 0.25) is 5.91 Å². The summed E-state index contributed by atoms with van der Waals surface area (Å²) in [5.41, 5.74) is 4.23. The first-order valence-corrected chi connectivity index (χ1v) is 9.04. The molecule has 0 unspecified atom stereocenters. The van der Waals surface area contributed by atoms with E-state index in [1.807, 2.05) is 57.2 Å². The zero-order chi connectivity index (χ0) is 18.8. The predicted octanol–water partition coefficient (Wildman–Crippen LogP) is 4.12. The summed E-state index contributed by atoms with van der Waals surface area (Å²) in [5, 5.41) is 3.39. The van der Waals surface area contributed by atoms with Crippen molar-refractivity contribution in [3.05, 3.63) is 63.0 Å². The number of fused-ring (bicyclic) bond motifs is 1. The number of anilines is 1. The Balaban J connectivity index is 1.80. The number of aryl methyl sites for hydroxylation is 4. The smallest absolute Gasteiger partial charge is 0.324 e. The summed E-state index contributed by atoms with van der Waals surface area (Å²) in [6, 6.07) is 11.4. The van der Waals surface area contributed by atoms with Gasteiger partial charge in [0.1, 0.15) is 0 Å². The second-order valence-electron chi connectivity index (χ2n) is 6.40. The predicted molar refractivity (Wildman–Crippen MR) is 106 cm³/mol. The highest BCUT2D eigenvalue weighted by Gasteiger charge is 2.14. The molecule has 0 saturated carbocycles.